The van der Waals surface area contributed by atoms with E-state index in [9.17, 15) is 0 Å². The van der Waals surface area contributed by atoms with Crippen molar-refractivity contribution in [2.24, 2.45) is 5.73 Å². The molecule has 2 N–H and O–H groups in total. The topological polar surface area (TPSA) is 29.3 Å². The summed E-state index contributed by atoms with van der Waals surface area (Å²) < 4.78 is 0. The maximum atomic E-state index is 5.91. The molecule has 0 atom stereocenters. The maximum Gasteiger partial charge on any atom is 0.0406 e. The second-order valence-corrected chi connectivity index (χ2v) is 5.05. The first-order valence-corrected chi connectivity index (χ1v) is 6.86. The van der Waals surface area contributed by atoms with E-state index in [4.69, 9.17) is 17.3 Å². The van der Waals surface area contributed by atoms with Gasteiger partial charge in [-0.1, -0.05) is 54.1 Å². The van der Waals surface area contributed by atoms with Gasteiger partial charge in [-0.05, 0) is 23.3 Å². The van der Waals surface area contributed by atoms with Crippen LogP contribution in [0.2, 0.25) is 5.02 Å². The molecule has 2 aromatic carbocycles. The third kappa shape index (κ3) is 5.51. The second kappa shape index (κ2) is 8.98. The molecule has 2 rings (SSSR count). The van der Waals surface area contributed by atoms with E-state index in [0.29, 0.717) is 6.54 Å². The Hall–Kier alpha value is -1.06. The Kier molecular flexibility index (Phi) is 7.63. The van der Waals surface area contributed by atoms with Gasteiger partial charge in [0.2, 0.25) is 0 Å². The lowest BCUT2D eigenvalue weighted by molar-refractivity contribution is 0.264. The zero-order valence-electron chi connectivity index (χ0n) is 11.3. The van der Waals surface area contributed by atoms with Crippen LogP contribution >= 0.6 is 24.0 Å². The van der Waals surface area contributed by atoms with Crippen LogP contribution < -0.4 is 5.73 Å². The van der Waals surface area contributed by atoms with Crippen LogP contribution in [0.1, 0.15) is 11.1 Å². The fourth-order valence-corrected chi connectivity index (χ4v) is 2.21. The molecular weight excluding hydrogens is 291 g/mol. The number of benzene rings is 2. The van der Waals surface area contributed by atoms with Crippen molar-refractivity contribution in [1.29, 1.82) is 0 Å². The van der Waals surface area contributed by atoms with Crippen LogP contribution in [0.4, 0.5) is 0 Å². The molecule has 4 heteroatoms. The first kappa shape index (κ1) is 17.0. The van der Waals surface area contributed by atoms with E-state index >= 15 is 0 Å². The molecule has 0 radical (unpaired) electrons. The quantitative estimate of drug-likeness (QED) is 0.881. The van der Waals surface area contributed by atoms with Gasteiger partial charge in [0, 0.05) is 31.2 Å². The molecule has 0 aliphatic heterocycles. The number of hydrogen-bond acceptors (Lipinski definition) is 2. The Labute approximate surface area is 132 Å². The summed E-state index contributed by atoms with van der Waals surface area (Å²) >= 11 is 5.91. The summed E-state index contributed by atoms with van der Waals surface area (Å²) in [6.45, 7) is 3.36. The second-order valence-electron chi connectivity index (χ2n) is 4.61. The van der Waals surface area contributed by atoms with Crippen LogP contribution in [0.25, 0.3) is 0 Å². The standard InChI is InChI=1S/C16H19ClN2.ClH/c17-16-8-6-15(7-9-16)13-19(11-10-18)12-14-4-2-1-3-5-14;/h1-9H,10-13,18H2;1H. The minimum Gasteiger partial charge on any atom is -0.329 e. The molecule has 0 aliphatic rings. The maximum absolute atomic E-state index is 5.91. The molecule has 0 aromatic heterocycles. The largest absolute Gasteiger partial charge is 0.329 e. The minimum atomic E-state index is 0. The third-order valence-corrected chi connectivity index (χ3v) is 3.27. The molecule has 0 saturated heterocycles. The van der Waals surface area contributed by atoms with Crippen molar-refractivity contribution in [3.8, 4) is 0 Å². The molecule has 2 nitrogen and oxygen atoms in total. The minimum absolute atomic E-state index is 0. The number of hydrogen-bond donors (Lipinski definition) is 1. The summed E-state index contributed by atoms with van der Waals surface area (Å²) in [7, 11) is 0. The van der Waals surface area contributed by atoms with Crippen molar-refractivity contribution in [3.63, 3.8) is 0 Å². The molecule has 0 bridgehead atoms. The highest BCUT2D eigenvalue weighted by atomic mass is 35.5. The van der Waals surface area contributed by atoms with Crippen molar-refractivity contribution >= 4 is 24.0 Å². The van der Waals surface area contributed by atoms with Crippen LogP contribution in [0.3, 0.4) is 0 Å². The average molecular weight is 311 g/mol. The molecule has 0 unspecified atom stereocenters. The molecule has 20 heavy (non-hydrogen) atoms. The van der Waals surface area contributed by atoms with Crippen molar-refractivity contribution in [1.82, 2.24) is 4.90 Å². The highest BCUT2D eigenvalue weighted by molar-refractivity contribution is 6.30. The van der Waals surface area contributed by atoms with Gasteiger partial charge < -0.3 is 5.73 Å². The van der Waals surface area contributed by atoms with Gasteiger partial charge in [-0.3, -0.25) is 4.90 Å². The zero-order chi connectivity index (χ0) is 13.5. The molecule has 108 valence electrons. The molecule has 0 amide bonds. The van der Waals surface area contributed by atoms with Crippen molar-refractivity contribution in [3.05, 3.63) is 70.7 Å². The number of rotatable bonds is 6. The number of nitrogens with zero attached hydrogens (tertiary/aromatic N) is 1. The van der Waals surface area contributed by atoms with Gasteiger partial charge in [0.25, 0.3) is 0 Å². The van der Waals surface area contributed by atoms with E-state index in [1.807, 2.05) is 18.2 Å². The normalized spacial score (nSPS) is 10.3. The molecule has 0 spiro atoms. The summed E-state index contributed by atoms with van der Waals surface area (Å²) in [5.41, 5.74) is 8.27. The summed E-state index contributed by atoms with van der Waals surface area (Å²) in [4.78, 5) is 2.35. The molecule has 0 heterocycles. The lowest BCUT2D eigenvalue weighted by Crippen LogP contribution is -2.28. The Morgan fingerprint density at radius 3 is 1.95 bits per heavy atom. The van der Waals surface area contributed by atoms with Gasteiger partial charge in [-0.25, -0.2) is 0 Å². The highest BCUT2D eigenvalue weighted by Gasteiger charge is 2.06. The van der Waals surface area contributed by atoms with Gasteiger partial charge in [0.15, 0.2) is 0 Å². The summed E-state index contributed by atoms with van der Waals surface area (Å²) in [5.74, 6) is 0. The fraction of sp³-hybridized carbons (Fsp3) is 0.250. The van der Waals surface area contributed by atoms with Gasteiger partial charge in [0.05, 0.1) is 0 Å². The van der Waals surface area contributed by atoms with Crippen LogP contribution in [-0.4, -0.2) is 18.0 Å². The Morgan fingerprint density at radius 2 is 1.40 bits per heavy atom. The highest BCUT2D eigenvalue weighted by Crippen LogP contribution is 2.13. The lowest BCUT2D eigenvalue weighted by Gasteiger charge is -2.21. The number of halogens is 2. The van der Waals surface area contributed by atoms with Gasteiger partial charge in [-0.2, -0.15) is 0 Å². The van der Waals surface area contributed by atoms with E-state index in [2.05, 4.69) is 41.3 Å². The first-order chi connectivity index (χ1) is 9.28. The Morgan fingerprint density at radius 1 is 0.850 bits per heavy atom. The van der Waals surface area contributed by atoms with Gasteiger partial charge >= 0.3 is 0 Å². The van der Waals surface area contributed by atoms with Crippen LogP contribution in [0.15, 0.2) is 54.6 Å². The van der Waals surface area contributed by atoms with E-state index < -0.39 is 0 Å². The monoisotopic (exact) mass is 310 g/mol. The third-order valence-electron chi connectivity index (χ3n) is 3.01. The fourth-order valence-electron chi connectivity index (χ4n) is 2.09. The van der Waals surface area contributed by atoms with Crippen LogP contribution in [0, 0.1) is 0 Å². The molecule has 2 aromatic rings. The molecule has 0 aliphatic carbocycles. The summed E-state index contributed by atoms with van der Waals surface area (Å²) in [6, 6.07) is 18.5. The van der Waals surface area contributed by atoms with Gasteiger partial charge in [-0.15, -0.1) is 12.4 Å². The number of nitrogens with two attached hydrogens (primary N) is 1. The Bertz CT molecular complexity index is 486. The SMILES string of the molecule is Cl.NCCN(Cc1ccccc1)Cc1ccc(Cl)cc1. The van der Waals surface area contributed by atoms with E-state index in [-0.39, 0.29) is 12.4 Å². The zero-order valence-corrected chi connectivity index (χ0v) is 12.9. The average Bonchev–Trinajstić information content (AvgIpc) is 2.43. The van der Waals surface area contributed by atoms with E-state index in [1.165, 1.54) is 11.1 Å². The van der Waals surface area contributed by atoms with E-state index in [0.717, 1.165) is 24.7 Å². The molecule has 0 saturated carbocycles. The molecular formula is C16H20Cl2N2. The summed E-state index contributed by atoms with van der Waals surface area (Å²) in [6.07, 6.45) is 0. The van der Waals surface area contributed by atoms with Gasteiger partial charge in [0.1, 0.15) is 0 Å². The summed E-state index contributed by atoms with van der Waals surface area (Å²) in [5, 5.41) is 0.775. The Balaban J connectivity index is 0.00000200. The van der Waals surface area contributed by atoms with Crippen molar-refractivity contribution in [2.45, 2.75) is 13.1 Å². The lowest BCUT2D eigenvalue weighted by atomic mass is 10.1. The first-order valence-electron chi connectivity index (χ1n) is 6.49. The van der Waals surface area contributed by atoms with Crippen LogP contribution in [0.5, 0.6) is 0 Å². The van der Waals surface area contributed by atoms with Crippen LogP contribution in [-0.2, 0) is 13.1 Å². The van der Waals surface area contributed by atoms with Crippen molar-refractivity contribution < 1.29 is 0 Å². The van der Waals surface area contributed by atoms with Crippen molar-refractivity contribution in [2.75, 3.05) is 13.1 Å². The predicted octanol–water partition coefficient (Wildman–Crippen LogP) is 3.72. The predicted molar refractivity (Wildman–Crippen MR) is 88.3 cm³/mol. The molecule has 0 fully saturated rings. The smallest absolute Gasteiger partial charge is 0.0406 e. The van der Waals surface area contributed by atoms with E-state index in [1.54, 1.807) is 0 Å².